The maximum absolute atomic E-state index is 12.0. The van der Waals surface area contributed by atoms with Crippen LogP contribution in [0.4, 0.5) is 0 Å². The van der Waals surface area contributed by atoms with Gasteiger partial charge in [0, 0.05) is 38.4 Å². The quantitative estimate of drug-likeness (QED) is 0.285. The molecule has 0 aromatic rings. The number of hydrogen-bond donors (Lipinski definition) is 2. The molecule has 10 nitrogen and oxygen atoms in total. The number of likely N-dealkylation sites (tertiary alicyclic amines) is 1. The molecule has 2 saturated heterocycles. The van der Waals surface area contributed by atoms with E-state index in [9.17, 15) is 24.0 Å². The van der Waals surface area contributed by atoms with E-state index < -0.39 is 17.8 Å². The first-order valence-electron chi connectivity index (χ1n) is 9.74. The zero-order valence-electron chi connectivity index (χ0n) is 16.2. The Labute approximate surface area is 163 Å². The van der Waals surface area contributed by atoms with Gasteiger partial charge in [0.05, 0.1) is 13.0 Å². The number of rotatable bonds is 10. The Morgan fingerprint density at radius 1 is 1.04 bits per heavy atom. The highest BCUT2D eigenvalue weighted by molar-refractivity contribution is 6.01. The van der Waals surface area contributed by atoms with Gasteiger partial charge >= 0.3 is 5.97 Å². The number of nitrogens with zero attached hydrogens (tertiary/aromatic N) is 2. The summed E-state index contributed by atoms with van der Waals surface area (Å²) in [5.74, 6) is -2.27. The summed E-state index contributed by atoms with van der Waals surface area (Å²) < 4.78 is 0. The van der Waals surface area contributed by atoms with Gasteiger partial charge in [0.25, 0.3) is 11.8 Å². The topological polar surface area (TPSA) is 125 Å². The monoisotopic (exact) mass is 404 g/mol. The van der Waals surface area contributed by atoms with Crippen LogP contribution in [-0.2, 0) is 28.8 Å². The van der Waals surface area contributed by atoms with Crippen LogP contribution in [0.1, 0.15) is 51.9 Å². The lowest BCUT2D eigenvalue weighted by Crippen LogP contribution is -2.40. The highest BCUT2D eigenvalue weighted by Gasteiger charge is 2.32. The maximum atomic E-state index is 12.0. The normalized spacial score (nSPS) is 19.8. The number of imide groups is 1. The van der Waals surface area contributed by atoms with Crippen molar-refractivity contribution in [2.24, 2.45) is 0 Å². The molecule has 0 saturated carbocycles. The van der Waals surface area contributed by atoms with E-state index in [4.69, 9.17) is 4.84 Å². The van der Waals surface area contributed by atoms with Crippen molar-refractivity contribution in [3.63, 3.8) is 0 Å². The molecular weight excluding hydrogens is 376 g/mol. The van der Waals surface area contributed by atoms with Crippen molar-refractivity contribution < 1.29 is 28.8 Å². The average molecular weight is 404 g/mol. The van der Waals surface area contributed by atoms with E-state index in [1.165, 1.54) is 0 Å². The van der Waals surface area contributed by atoms with Crippen LogP contribution in [0.2, 0.25) is 0 Å². The first kappa shape index (κ1) is 21.8. The minimum Gasteiger partial charge on any atom is -0.355 e. The molecule has 156 valence electrons. The zero-order valence-corrected chi connectivity index (χ0v) is 16.2. The molecule has 10 heteroatoms. The van der Waals surface area contributed by atoms with Crippen molar-refractivity contribution in [1.29, 1.82) is 0 Å². The number of nitrogens with one attached hydrogen (secondary N) is 2. The molecule has 0 bridgehead atoms. The van der Waals surface area contributed by atoms with Crippen LogP contribution >= 0.6 is 0 Å². The second-order valence-electron chi connectivity index (χ2n) is 6.92. The standard InChI is InChI=1S/C18H28N4O6/c1-2-13-4-3-11-21(13)12-15(24)20-9-7-14(23)19-10-8-18(27)28-22-16(25)5-6-17(22)26/h13H,2-12H2,1H3,(H,19,23)(H,20,24)/i1+1,2+1,8+1,10+1,12+1,15+1,18+1,19+1. The van der Waals surface area contributed by atoms with Crippen LogP contribution in [0, 0.1) is 0 Å². The van der Waals surface area contributed by atoms with Crippen LogP contribution in [0.15, 0.2) is 0 Å². The second-order valence-corrected chi connectivity index (χ2v) is 6.92. The summed E-state index contributed by atoms with van der Waals surface area (Å²) in [6.07, 6.45) is 3.25. The predicted octanol–water partition coefficient (Wildman–Crippen LogP) is -0.519. The lowest BCUT2D eigenvalue weighted by molar-refractivity contribution is -0.197. The Bertz CT molecular complexity index is 607. The van der Waals surface area contributed by atoms with Gasteiger partial charge in [-0.1, -0.05) is 6.92 Å². The minimum atomic E-state index is -0.770. The van der Waals surface area contributed by atoms with E-state index in [0.29, 0.717) is 17.6 Å². The molecule has 2 fully saturated rings. The summed E-state index contributed by atoms with van der Waals surface area (Å²) in [4.78, 5) is 64.9. The molecule has 28 heavy (non-hydrogen) atoms. The Hall–Kier alpha value is -2.49. The number of hydrogen-bond acceptors (Lipinski definition) is 7. The Kier molecular flexibility index (Phi) is 8.37. The van der Waals surface area contributed by atoms with Gasteiger partial charge in [-0.3, -0.25) is 24.1 Å². The van der Waals surface area contributed by atoms with Gasteiger partial charge in [0.2, 0.25) is 11.8 Å². The Balaban J connectivity index is 1.54. The molecule has 4 amide bonds. The van der Waals surface area contributed by atoms with Crippen LogP contribution in [0.3, 0.4) is 0 Å². The third-order valence-corrected chi connectivity index (χ3v) is 4.84. The molecular formula is C18H28N4O6. The summed E-state index contributed by atoms with van der Waals surface area (Å²) in [6.45, 7) is 3.63. The number of carbonyl (C=O) groups is 5. The van der Waals surface area contributed by atoms with Gasteiger partial charge in [-0.2, -0.15) is 0 Å². The zero-order chi connectivity index (χ0) is 20.5. The van der Waals surface area contributed by atoms with E-state index in [1.807, 2.05) is 0 Å². The van der Waals surface area contributed by atoms with Gasteiger partial charge in [0.15, 0.2) is 0 Å². The Morgan fingerprint density at radius 3 is 2.36 bits per heavy atom. The molecule has 1 unspecified atom stereocenters. The molecule has 2 heterocycles. The van der Waals surface area contributed by atoms with Crippen molar-refractivity contribution in [3.8, 4) is 0 Å². The van der Waals surface area contributed by atoms with Crippen molar-refractivity contribution in [2.45, 2.75) is 57.9 Å². The van der Waals surface area contributed by atoms with Gasteiger partial charge in [0.1, 0.15) is 0 Å². The van der Waals surface area contributed by atoms with Crippen LogP contribution < -0.4 is 10.6 Å². The molecule has 2 aliphatic rings. The summed E-state index contributed by atoms with van der Waals surface area (Å²) in [7, 11) is 0. The smallest absolute Gasteiger partial charge is 0.334 e. The van der Waals surface area contributed by atoms with Crippen LogP contribution in [0.25, 0.3) is 0 Å². The van der Waals surface area contributed by atoms with Gasteiger partial charge in [-0.15, -0.1) is 5.06 Å². The molecule has 0 aliphatic carbocycles. The molecule has 0 aromatic carbocycles. The molecule has 2 N–H and O–H groups in total. The number of carbonyl (C=O) groups excluding carboxylic acids is 5. The molecule has 1 atom stereocenters. The third kappa shape index (κ3) is 6.59. The third-order valence-electron chi connectivity index (χ3n) is 4.84. The van der Waals surface area contributed by atoms with Crippen molar-refractivity contribution in [2.75, 3.05) is 26.2 Å². The SMILES string of the molecule is [13CH3][13CH2]C1CCCN1[13CH2][13C](=O)NCCC(=O)[15NH][13CH2][13CH2][13C](=O)ON1C(=O)CCC1=O. The first-order valence-corrected chi connectivity index (χ1v) is 9.74. The average Bonchev–Trinajstić information content (AvgIpc) is 3.22. The lowest BCUT2D eigenvalue weighted by atomic mass is 10.3. The highest BCUT2D eigenvalue weighted by atomic mass is 16.8. The van der Waals surface area contributed by atoms with E-state index in [0.717, 1.165) is 25.8 Å². The molecule has 2 aliphatic heterocycles. The van der Waals surface area contributed by atoms with Crippen molar-refractivity contribution in [1.82, 2.24) is 20.6 Å². The molecule has 0 aromatic heterocycles. The maximum Gasteiger partial charge on any atom is 0.334 e. The summed E-state index contributed by atoms with van der Waals surface area (Å²) in [6, 6.07) is 0.458. The van der Waals surface area contributed by atoms with Gasteiger partial charge < -0.3 is 15.5 Å². The number of amides is 4. The van der Waals surface area contributed by atoms with Gasteiger partial charge in [-0.05, 0) is 25.8 Å². The molecule has 0 radical (unpaired) electrons. The molecule has 2 rings (SSSR count). The predicted molar refractivity (Wildman–Crippen MR) is 97.3 cm³/mol. The largest absolute Gasteiger partial charge is 0.355 e. The fourth-order valence-corrected chi connectivity index (χ4v) is 3.32. The summed E-state index contributed by atoms with van der Waals surface area (Å²) in [5, 5.41) is 5.74. The lowest BCUT2D eigenvalue weighted by Gasteiger charge is -2.22. The van der Waals surface area contributed by atoms with Crippen molar-refractivity contribution >= 4 is 29.6 Å². The van der Waals surface area contributed by atoms with E-state index >= 15 is 0 Å². The summed E-state index contributed by atoms with van der Waals surface area (Å²) in [5.41, 5.74) is 0. The fourth-order valence-electron chi connectivity index (χ4n) is 3.32. The van der Waals surface area contributed by atoms with Crippen LogP contribution in [0.5, 0.6) is 0 Å². The van der Waals surface area contributed by atoms with Crippen molar-refractivity contribution in [3.05, 3.63) is 0 Å². The minimum absolute atomic E-state index is 0.0216. The van der Waals surface area contributed by atoms with Gasteiger partial charge in [-0.25, -0.2) is 4.79 Å². The van der Waals surface area contributed by atoms with E-state index in [2.05, 4.69) is 22.5 Å². The number of hydroxylamine groups is 2. The van der Waals surface area contributed by atoms with Crippen LogP contribution in [-0.4, -0.2) is 71.8 Å². The first-order chi connectivity index (χ1) is 13.4. The van der Waals surface area contributed by atoms with E-state index in [-0.39, 0.29) is 50.6 Å². The van der Waals surface area contributed by atoms with E-state index in [1.54, 1.807) is 0 Å². The fraction of sp³-hybridized carbons (Fsp3) is 0.722. The summed E-state index contributed by atoms with van der Waals surface area (Å²) >= 11 is 0. The Morgan fingerprint density at radius 2 is 1.68 bits per heavy atom. The highest BCUT2D eigenvalue weighted by Crippen LogP contribution is 2.18. The molecule has 0 spiro atoms. The second kappa shape index (κ2) is 10.7.